The number of carbonyl (C=O) groups is 1. The summed E-state index contributed by atoms with van der Waals surface area (Å²) in [6.07, 6.45) is 0.708. The van der Waals surface area contributed by atoms with Crippen molar-refractivity contribution in [3.63, 3.8) is 0 Å². The summed E-state index contributed by atoms with van der Waals surface area (Å²) in [7, 11) is -3.80. The topological polar surface area (TPSA) is 112 Å². The van der Waals surface area contributed by atoms with Gasteiger partial charge < -0.3 is 14.8 Å². The molecule has 2 aromatic rings. The zero-order chi connectivity index (χ0) is 24.4. The van der Waals surface area contributed by atoms with Crippen LogP contribution in [0.4, 0.5) is 5.82 Å². The molecule has 10 heteroatoms. The molecule has 9 nitrogen and oxygen atoms in total. The molecule has 0 atom stereocenters. The van der Waals surface area contributed by atoms with Gasteiger partial charge in [-0.3, -0.25) is 4.79 Å². The Bertz CT molecular complexity index is 1110. The van der Waals surface area contributed by atoms with Gasteiger partial charge in [-0.15, -0.1) is 0 Å². The number of sulfonamides is 1. The SMILES string of the molecule is CC(C)(C)c1cc(NC(=O)CCNS(=O)(=O)c2ccc3c(c2)OCCCO3)n(C(C)(C)C)n1. The van der Waals surface area contributed by atoms with Gasteiger partial charge in [-0.2, -0.15) is 5.10 Å². The quantitative estimate of drug-likeness (QED) is 0.658. The smallest absolute Gasteiger partial charge is 0.240 e. The number of benzene rings is 1. The second-order valence-corrected chi connectivity index (χ2v) is 11.9. The number of nitrogens with one attached hydrogen (secondary N) is 2. The van der Waals surface area contributed by atoms with Crippen LogP contribution in [0.1, 0.15) is 60.1 Å². The van der Waals surface area contributed by atoms with Crippen LogP contribution < -0.4 is 19.5 Å². The van der Waals surface area contributed by atoms with Gasteiger partial charge in [-0.1, -0.05) is 20.8 Å². The van der Waals surface area contributed by atoms with Crippen molar-refractivity contribution in [3.8, 4) is 11.5 Å². The minimum atomic E-state index is -3.80. The number of nitrogens with zero attached hydrogens (tertiary/aromatic N) is 2. The van der Waals surface area contributed by atoms with Gasteiger partial charge in [0.05, 0.1) is 29.3 Å². The molecule has 0 spiro atoms. The van der Waals surface area contributed by atoms with Crippen molar-refractivity contribution in [2.75, 3.05) is 25.1 Å². The lowest BCUT2D eigenvalue weighted by molar-refractivity contribution is -0.116. The fourth-order valence-electron chi connectivity index (χ4n) is 3.25. The Morgan fingerprint density at radius 3 is 2.36 bits per heavy atom. The molecule has 0 radical (unpaired) electrons. The summed E-state index contributed by atoms with van der Waals surface area (Å²) in [4.78, 5) is 12.6. The van der Waals surface area contributed by atoms with Gasteiger partial charge in [-0.05, 0) is 32.9 Å². The monoisotopic (exact) mass is 478 g/mol. The molecule has 0 bridgehead atoms. The van der Waals surface area contributed by atoms with E-state index >= 15 is 0 Å². The third kappa shape index (κ3) is 6.26. The highest BCUT2D eigenvalue weighted by molar-refractivity contribution is 7.89. The molecule has 0 unspecified atom stereocenters. The van der Waals surface area contributed by atoms with Crippen LogP contribution in [0.2, 0.25) is 0 Å². The first kappa shape index (κ1) is 25.0. The zero-order valence-corrected chi connectivity index (χ0v) is 21.0. The Morgan fingerprint density at radius 1 is 1.06 bits per heavy atom. The summed E-state index contributed by atoms with van der Waals surface area (Å²) in [5.74, 6) is 1.21. The third-order valence-corrected chi connectivity index (χ3v) is 6.51. The van der Waals surface area contributed by atoms with Crippen LogP contribution in [0.5, 0.6) is 11.5 Å². The number of carbonyl (C=O) groups excluding carboxylic acids is 1. The van der Waals surface area contributed by atoms with Crippen molar-refractivity contribution in [3.05, 3.63) is 30.0 Å². The molecule has 2 heterocycles. The van der Waals surface area contributed by atoms with Gasteiger partial charge in [0, 0.05) is 36.9 Å². The molecule has 33 heavy (non-hydrogen) atoms. The van der Waals surface area contributed by atoms with Gasteiger partial charge in [0.2, 0.25) is 15.9 Å². The van der Waals surface area contributed by atoms with Crippen molar-refractivity contribution >= 4 is 21.7 Å². The largest absolute Gasteiger partial charge is 0.490 e. The Labute approximate surface area is 195 Å². The van der Waals surface area contributed by atoms with Crippen molar-refractivity contribution in [1.29, 1.82) is 0 Å². The summed E-state index contributed by atoms with van der Waals surface area (Å²) >= 11 is 0. The summed E-state index contributed by atoms with van der Waals surface area (Å²) < 4.78 is 40.8. The maximum Gasteiger partial charge on any atom is 0.240 e. The van der Waals surface area contributed by atoms with Gasteiger partial charge in [0.15, 0.2) is 11.5 Å². The summed E-state index contributed by atoms with van der Waals surface area (Å²) in [6, 6.07) is 6.36. The zero-order valence-electron chi connectivity index (χ0n) is 20.2. The van der Waals surface area contributed by atoms with Crippen LogP contribution in [0.15, 0.2) is 29.2 Å². The first-order valence-corrected chi connectivity index (χ1v) is 12.6. The highest BCUT2D eigenvalue weighted by Crippen LogP contribution is 2.32. The predicted octanol–water partition coefficient (Wildman–Crippen LogP) is 3.40. The number of fused-ring (bicyclic) bond motifs is 1. The maximum atomic E-state index is 12.7. The molecule has 1 amide bonds. The van der Waals surface area contributed by atoms with Crippen molar-refractivity contribution < 1.29 is 22.7 Å². The predicted molar refractivity (Wildman–Crippen MR) is 126 cm³/mol. The molecule has 1 aliphatic heterocycles. The number of ether oxygens (including phenoxy) is 2. The van der Waals surface area contributed by atoms with Crippen LogP contribution in [-0.2, 0) is 25.8 Å². The van der Waals surface area contributed by atoms with E-state index < -0.39 is 10.0 Å². The number of rotatable bonds is 6. The molecule has 0 saturated carbocycles. The fourth-order valence-corrected chi connectivity index (χ4v) is 4.29. The summed E-state index contributed by atoms with van der Waals surface area (Å²) in [5.41, 5.74) is 0.363. The van der Waals surface area contributed by atoms with Crippen LogP contribution in [-0.4, -0.2) is 43.9 Å². The molecular weight excluding hydrogens is 444 g/mol. The van der Waals surface area contributed by atoms with E-state index in [1.54, 1.807) is 10.7 Å². The second kappa shape index (κ2) is 9.34. The fraction of sp³-hybridized carbons (Fsp3) is 0.565. The lowest BCUT2D eigenvalue weighted by atomic mass is 9.92. The average molecular weight is 479 g/mol. The molecule has 0 aliphatic carbocycles. The van der Waals surface area contributed by atoms with Crippen molar-refractivity contribution in [2.24, 2.45) is 0 Å². The number of anilines is 1. The van der Waals surface area contributed by atoms with Crippen LogP contribution >= 0.6 is 0 Å². The average Bonchev–Trinajstić information content (AvgIpc) is 2.99. The van der Waals surface area contributed by atoms with Crippen molar-refractivity contribution in [1.82, 2.24) is 14.5 Å². The van der Waals surface area contributed by atoms with E-state index in [1.165, 1.54) is 12.1 Å². The Kier molecular flexibility index (Phi) is 7.09. The van der Waals surface area contributed by atoms with E-state index in [2.05, 4.69) is 35.9 Å². The standard InChI is InChI=1S/C23H34N4O5S/c1-22(2,3)19-15-20(27(26-19)23(4,5)6)25-21(28)10-11-24-33(29,30)16-8-9-17-18(14-16)32-13-7-12-31-17/h8-9,14-15,24H,7,10-13H2,1-6H3,(H,25,28). The van der Waals surface area contributed by atoms with E-state index in [0.717, 1.165) is 12.1 Å². The highest BCUT2D eigenvalue weighted by Gasteiger charge is 2.26. The molecule has 1 aromatic carbocycles. The summed E-state index contributed by atoms with van der Waals surface area (Å²) in [5, 5.41) is 7.55. The van der Waals surface area contributed by atoms with E-state index in [9.17, 15) is 13.2 Å². The minimum absolute atomic E-state index is 0.0239. The normalized spacial score (nSPS) is 14.6. The van der Waals surface area contributed by atoms with Gasteiger partial charge >= 0.3 is 0 Å². The van der Waals surface area contributed by atoms with Crippen LogP contribution in [0.25, 0.3) is 0 Å². The Morgan fingerprint density at radius 2 is 1.73 bits per heavy atom. The number of aromatic nitrogens is 2. The van der Waals surface area contributed by atoms with E-state index in [4.69, 9.17) is 9.47 Å². The molecule has 182 valence electrons. The molecule has 1 aliphatic rings. The summed E-state index contributed by atoms with van der Waals surface area (Å²) in [6.45, 7) is 13.1. The molecular formula is C23H34N4O5S. The van der Waals surface area contributed by atoms with Gasteiger partial charge in [0.1, 0.15) is 5.82 Å². The molecule has 2 N–H and O–H groups in total. The molecule has 0 saturated heterocycles. The molecule has 3 rings (SSSR count). The van der Waals surface area contributed by atoms with E-state index in [1.807, 2.05) is 26.8 Å². The van der Waals surface area contributed by atoms with E-state index in [0.29, 0.717) is 30.5 Å². The first-order valence-electron chi connectivity index (χ1n) is 11.1. The highest BCUT2D eigenvalue weighted by atomic mass is 32.2. The number of hydrogen-bond acceptors (Lipinski definition) is 6. The minimum Gasteiger partial charge on any atom is -0.490 e. The first-order chi connectivity index (χ1) is 15.3. The molecule has 1 aromatic heterocycles. The second-order valence-electron chi connectivity index (χ2n) is 10.1. The van der Waals surface area contributed by atoms with Crippen LogP contribution in [0, 0.1) is 0 Å². The third-order valence-electron chi connectivity index (χ3n) is 5.05. The molecule has 0 fully saturated rings. The van der Waals surface area contributed by atoms with Crippen molar-refractivity contribution in [2.45, 2.75) is 70.2 Å². The van der Waals surface area contributed by atoms with Crippen LogP contribution in [0.3, 0.4) is 0 Å². The van der Waals surface area contributed by atoms with Gasteiger partial charge in [-0.25, -0.2) is 17.8 Å². The lowest BCUT2D eigenvalue weighted by Gasteiger charge is -2.23. The maximum absolute atomic E-state index is 12.7. The number of amides is 1. The lowest BCUT2D eigenvalue weighted by Crippen LogP contribution is -2.30. The van der Waals surface area contributed by atoms with E-state index in [-0.39, 0.29) is 34.7 Å². The van der Waals surface area contributed by atoms with Gasteiger partial charge in [0.25, 0.3) is 0 Å². The number of hydrogen-bond donors (Lipinski definition) is 2. The Hall–Kier alpha value is -2.59. The Balaban J connectivity index is 1.64.